The summed E-state index contributed by atoms with van der Waals surface area (Å²) in [5, 5.41) is 8.72. The van der Waals surface area contributed by atoms with Gasteiger partial charge in [-0.05, 0) is 49.9 Å². The molecule has 0 heterocycles. The van der Waals surface area contributed by atoms with E-state index in [-0.39, 0.29) is 12.5 Å². The van der Waals surface area contributed by atoms with Gasteiger partial charge in [-0.3, -0.25) is 4.79 Å². The monoisotopic (exact) mass is 288 g/mol. The molecule has 0 aliphatic heterocycles. The van der Waals surface area contributed by atoms with Crippen molar-refractivity contribution >= 4 is 5.91 Å². The van der Waals surface area contributed by atoms with Gasteiger partial charge in [-0.15, -0.1) is 0 Å². The summed E-state index contributed by atoms with van der Waals surface area (Å²) in [6.45, 7) is 10.5. The van der Waals surface area contributed by atoms with Crippen LogP contribution >= 0.6 is 0 Å². The summed E-state index contributed by atoms with van der Waals surface area (Å²) in [6, 6.07) is 7.89. The van der Waals surface area contributed by atoms with Gasteiger partial charge in [0.15, 0.2) is 6.10 Å². The second-order valence-corrected chi connectivity index (χ2v) is 5.44. The molecule has 1 unspecified atom stereocenters. The van der Waals surface area contributed by atoms with Crippen LogP contribution in [0, 0.1) is 18.3 Å². The quantitative estimate of drug-likeness (QED) is 0.755. The van der Waals surface area contributed by atoms with Crippen LogP contribution in [-0.4, -0.2) is 30.0 Å². The van der Waals surface area contributed by atoms with Crippen LogP contribution in [0.2, 0.25) is 0 Å². The molecule has 1 atom stereocenters. The smallest absolute Gasteiger partial charge is 0.264 e. The Morgan fingerprint density at radius 3 is 2.52 bits per heavy atom. The standard InChI is InChI=1S/C17H24N2O2/c1-6-19(10-9-18)17(20)14(5)21-15-7-8-16(12(2)3)13(4)11-15/h7-8,11-12,14H,6,10H2,1-5H3. The van der Waals surface area contributed by atoms with Crippen molar-refractivity contribution in [3.05, 3.63) is 29.3 Å². The van der Waals surface area contributed by atoms with Crippen molar-refractivity contribution in [1.29, 1.82) is 5.26 Å². The Labute approximate surface area is 127 Å². The lowest BCUT2D eigenvalue weighted by Crippen LogP contribution is -2.40. The Hall–Kier alpha value is -2.02. The van der Waals surface area contributed by atoms with Gasteiger partial charge in [0.2, 0.25) is 0 Å². The first-order chi connectivity index (χ1) is 9.90. The van der Waals surface area contributed by atoms with Gasteiger partial charge in [-0.25, -0.2) is 0 Å². The first kappa shape index (κ1) is 17.0. The Bertz CT molecular complexity index is 532. The van der Waals surface area contributed by atoms with Gasteiger partial charge in [-0.2, -0.15) is 5.26 Å². The van der Waals surface area contributed by atoms with E-state index < -0.39 is 6.10 Å². The minimum atomic E-state index is -0.595. The molecule has 0 N–H and O–H groups in total. The molecule has 1 rings (SSSR count). The highest BCUT2D eigenvalue weighted by atomic mass is 16.5. The maximum atomic E-state index is 12.2. The summed E-state index contributed by atoms with van der Waals surface area (Å²) in [7, 11) is 0. The molecule has 0 aliphatic carbocycles. The van der Waals surface area contributed by atoms with Crippen LogP contribution in [0.15, 0.2) is 18.2 Å². The van der Waals surface area contributed by atoms with Gasteiger partial charge >= 0.3 is 0 Å². The number of carbonyl (C=O) groups is 1. The van der Waals surface area contributed by atoms with Crippen molar-refractivity contribution in [3.8, 4) is 11.8 Å². The second-order valence-electron chi connectivity index (χ2n) is 5.44. The molecule has 4 nitrogen and oxygen atoms in total. The van der Waals surface area contributed by atoms with Crippen LogP contribution in [0.4, 0.5) is 0 Å². The third kappa shape index (κ3) is 4.49. The number of amides is 1. The van der Waals surface area contributed by atoms with E-state index in [1.165, 1.54) is 10.5 Å². The first-order valence-electron chi connectivity index (χ1n) is 7.33. The fourth-order valence-electron chi connectivity index (χ4n) is 2.31. The van der Waals surface area contributed by atoms with E-state index in [9.17, 15) is 4.79 Å². The van der Waals surface area contributed by atoms with E-state index >= 15 is 0 Å². The molecule has 0 radical (unpaired) electrons. The average Bonchev–Trinajstić information content (AvgIpc) is 2.43. The summed E-state index contributed by atoms with van der Waals surface area (Å²) >= 11 is 0. The predicted octanol–water partition coefficient (Wildman–Crippen LogP) is 3.26. The van der Waals surface area contributed by atoms with E-state index in [0.717, 1.165) is 5.56 Å². The first-order valence-corrected chi connectivity index (χ1v) is 7.33. The maximum absolute atomic E-state index is 12.2. The second kappa shape index (κ2) is 7.68. The van der Waals surface area contributed by atoms with Crippen LogP contribution in [-0.2, 0) is 4.79 Å². The van der Waals surface area contributed by atoms with E-state index in [2.05, 4.69) is 13.8 Å². The van der Waals surface area contributed by atoms with Crippen LogP contribution in [0.1, 0.15) is 44.7 Å². The minimum absolute atomic E-state index is 0.0916. The third-order valence-electron chi connectivity index (χ3n) is 3.48. The number of benzene rings is 1. The summed E-state index contributed by atoms with van der Waals surface area (Å²) in [5.41, 5.74) is 2.44. The maximum Gasteiger partial charge on any atom is 0.264 e. The number of likely N-dealkylation sites (N-methyl/N-ethyl adjacent to an activating group) is 1. The fourth-order valence-corrected chi connectivity index (χ4v) is 2.31. The van der Waals surface area contributed by atoms with Crippen LogP contribution in [0.5, 0.6) is 5.75 Å². The zero-order chi connectivity index (χ0) is 16.0. The van der Waals surface area contributed by atoms with Gasteiger partial charge in [-0.1, -0.05) is 19.9 Å². The molecule has 0 bridgehead atoms. The van der Waals surface area contributed by atoms with E-state index in [0.29, 0.717) is 18.2 Å². The van der Waals surface area contributed by atoms with Crippen LogP contribution in [0.3, 0.4) is 0 Å². The van der Waals surface area contributed by atoms with E-state index in [1.54, 1.807) is 6.92 Å². The topological polar surface area (TPSA) is 53.3 Å². The highest BCUT2D eigenvalue weighted by molar-refractivity contribution is 5.81. The molecular weight excluding hydrogens is 264 g/mol. The zero-order valence-corrected chi connectivity index (χ0v) is 13.5. The Balaban J connectivity index is 2.79. The number of aryl methyl sites for hydroxylation is 1. The molecule has 1 amide bonds. The normalized spacial score (nSPS) is 11.9. The largest absolute Gasteiger partial charge is 0.481 e. The number of hydrogen-bond acceptors (Lipinski definition) is 3. The number of nitrogens with zero attached hydrogens (tertiary/aromatic N) is 2. The highest BCUT2D eigenvalue weighted by Crippen LogP contribution is 2.24. The van der Waals surface area contributed by atoms with Crippen molar-refractivity contribution < 1.29 is 9.53 Å². The van der Waals surface area contributed by atoms with E-state index in [1.807, 2.05) is 38.1 Å². The van der Waals surface area contributed by atoms with Gasteiger partial charge in [0.05, 0.1) is 6.07 Å². The van der Waals surface area contributed by atoms with Gasteiger partial charge < -0.3 is 9.64 Å². The summed E-state index contributed by atoms with van der Waals surface area (Å²) in [5.74, 6) is 0.986. The predicted molar refractivity (Wildman–Crippen MR) is 83.2 cm³/mol. The lowest BCUT2D eigenvalue weighted by molar-refractivity contribution is -0.137. The third-order valence-corrected chi connectivity index (χ3v) is 3.48. The number of ether oxygens (including phenoxy) is 1. The Morgan fingerprint density at radius 1 is 1.38 bits per heavy atom. The number of carbonyl (C=O) groups excluding carboxylic acids is 1. The lowest BCUT2D eigenvalue weighted by Gasteiger charge is -2.23. The molecule has 1 aromatic rings. The molecule has 0 aliphatic rings. The van der Waals surface area contributed by atoms with Crippen LogP contribution in [0.25, 0.3) is 0 Å². The zero-order valence-electron chi connectivity index (χ0n) is 13.5. The molecule has 1 aromatic carbocycles. The fraction of sp³-hybridized carbons (Fsp3) is 0.529. The molecular formula is C17H24N2O2. The van der Waals surface area contributed by atoms with Gasteiger partial charge in [0, 0.05) is 6.54 Å². The number of hydrogen-bond donors (Lipinski definition) is 0. The van der Waals surface area contributed by atoms with Crippen molar-refractivity contribution in [2.24, 2.45) is 0 Å². The summed E-state index contributed by atoms with van der Waals surface area (Å²) in [4.78, 5) is 13.7. The summed E-state index contributed by atoms with van der Waals surface area (Å²) in [6.07, 6.45) is -0.595. The SMILES string of the molecule is CCN(CC#N)C(=O)C(C)Oc1ccc(C(C)C)c(C)c1. The molecule has 21 heavy (non-hydrogen) atoms. The van der Waals surface area contributed by atoms with E-state index in [4.69, 9.17) is 10.00 Å². The van der Waals surface area contributed by atoms with Crippen molar-refractivity contribution in [1.82, 2.24) is 4.90 Å². The number of rotatable bonds is 6. The minimum Gasteiger partial charge on any atom is -0.481 e. The lowest BCUT2D eigenvalue weighted by atomic mass is 9.98. The molecule has 0 spiro atoms. The Morgan fingerprint density at radius 2 is 2.05 bits per heavy atom. The molecule has 0 fully saturated rings. The van der Waals surface area contributed by atoms with Gasteiger partial charge in [0.25, 0.3) is 5.91 Å². The summed E-state index contributed by atoms with van der Waals surface area (Å²) < 4.78 is 5.72. The number of nitriles is 1. The van der Waals surface area contributed by atoms with Gasteiger partial charge in [0.1, 0.15) is 12.3 Å². The van der Waals surface area contributed by atoms with Crippen molar-refractivity contribution in [3.63, 3.8) is 0 Å². The van der Waals surface area contributed by atoms with Crippen LogP contribution < -0.4 is 4.74 Å². The molecule has 114 valence electrons. The van der Waals surface area contributed by atoms with Crippen molar-refractivity contribution in [2.45, 2.75) is 46.6 Å². The molecule has 4 heteroatoms. The average molecular weight is 288 g/mol. The Kier molecular flexibility index (Phi) is 6.23. The molecule has 0 saturated carbocycles. The highest BCUT2D eigenvalue weighted by Gasteiger charge is 2.20. The molecule has 0 saturated heterocycles. The van der Waals surface area contributed by atoms with Crippen molar-refractivity contribution in [2.75, 3.05) is 13.1 Å². The molecule has 0 aromatic heterocycles.